The molecule has 0 aliphatic heterocycles. The lowest BCUT2D eigenvalue weighted by molar-refractivity contribution is -0.145. The standard InChI is InChI=1S/C10H17N3O3/c1-12-5-8(11)10(16)13(6-9(14)15)7-3-2-4-7/h5,7,12H,2-4,6,11H2,1H3,(H,14,15)/b8-5-. The molecule has 0 heterocycles. The highest BCUT2D eigenvalue weighted by molar-refractivity contribution is 5.94. The maximum Gasteiger partial charge on any atom is 0.323 e. The average molecular weight is 227 g/mol. The van der Waals surface area contributed by atoms with E-state index in [4.69, 9.17) is 10.8 Å². The first-order valence-electron chi connectivity index (χ1n) is 5.22. The van der Waals surface area contributed by atoms with Gasteiger partial charge in [-0.3, -0.25) is 9.59 Å². The number of aliphatic carboxylic acids is 1. The third kappa shape index (κ3) is 2.88. The molecule has 1 aliphatic rings. The molecule has 1 amide bonds. The molecule has 4 N–H and O–H groups in total. The number of hydrogen-bond donors (Lipinski definition) is 3. The number of rotatable bonds is 5. The normalized spacial score (nSPS) is 16.4. The number of nitrogens with two attached hydrogens (primary N) is 1. The van der Waals surface area contributed by atoms with E-state index in [0.29, 0.717) is 0 Å². The van der Waals surface area contributed by atoms with Crippen LogP contribution in [0.25, 0.3) is 0 Å². The summed E-state index contributed by atoms with van der Waals surface area (Å²) >= 11 is 0. The van der Waals surface area contributed by atoms with E-state index in [1.54, 1.807) is 7.05 Å². The van der Waals surface area contributed by atoms with E-state index in [9.17, 15) is 9.59 Å². The van der Waals surface area contributed by atoms with Crippen LogP contribution in [-0.2, 0) is 9.59 Å². The van der Waals surface area contributed by atoms with Gasteiger partial charge in [0.25, 0.3) is 5.91 Å². The first-order valence-corrected chi connectivity index (χ1v) is 5.22. The summed E-state index contributed by atoms with van der Waals surface area (Å²) in [6, 6.07) is 0.0207. The fraction of sp³-hybridized carbons (Fsp3) is 0.600. The zero-order chi connectivity index (χ0) is 12.1. The van der Waals surface area contributed by atoms with E-state index in [1.165, 1.54) is 11.1 Å². The Kier molecular flexibility index (Phi) is 4.16. The Labute approximate surface area is 94.1 Å². The van der Waals surface area contributed by atoms with Crippen LogP contribution in [0.5, 0.6) is 0 Å². The minimum atomic E-state index is -1.02. The fourth-order valence-electron chi connectivity index (χ4n) is 1.59. The van der Waals surface area contributed by atoms with Crippen molar-refractivity contribution >= 4 is 11.9 Å². The molecule has 0 unspecified atom stereocenters. The monoisotopic (exact) mass is 227 g/mol. The van der Waals surface area contributed by atoms with Crippen LogP contribution in [0.15, 0.2) is 11.9 Å². The second-order valence-electron chi connectivity index (χ2n) is 3.80. The number of carboxylic acids is 1. The van der Waals surface area contributed by atoms with Crippen molar-refractivity contribution in [2.75, 3.05) is 13.6 Å². The van der Waals surface area contributed by atoms with Gasteiger partial charge in [-0.1, -0.05) is 0 Å². The summed E-state index contributed by atoms with van der Waals surface area (Å²) in [5, 5.41) is 11.4. The second kappa shape index (κ2) is 5.39. The SMILES string of the molecule is CN/C=C(\N)C(=O)N(CC(=O)O)C1CCC1. The van der Waals surface area contributed by atoms with Gasteiger partial charge < -0.3 is 21.1 Å². The van der Waals surface area contributed by atoms with Crippen molar-refractivity contribution in [2.45, 2.75) is 25.3 Å². The summed E-state index contributed by atoms with van der Waals surface area (Å²) in [6.07, 6.45) is 4.11. The van der Waals surface area contributed by atoms with Crippen molar-refractivity contribution in [3.8, 4) is 0 Å². The van der Waals surface area contributed by atoms with Crippen LogP contribution in [0.1, 0.15) is 19.3 Å². The summed E-state index contributed by atoms with van der Waals surface area (Å²) in [4.78, 5) is 23.8. The van der Waals surface area contributed by atoms with E-state index in [-0.39, 0.29) is 18.3 Å². The molecule has 0 saturated heterocycles. The number of carbonyl (C=O) groups excluding carboxylic acids is 1. The molecule has 1 rings (SSSR count). The fourth-order valence-corrected chi connectivity index (χ4v) is 1.59. The topological polar surface area (TPSA) is 95.7 Å². The van der Waals surface area contributed by atoms with Gasteiger partial charge in [0.05, 0.1) is 0 Å². The number of amides is 1. The predicted molar refractivity (Wildman–Crippen MR) is 58.3 cm³/mol. The molecule has 0 bridgehead atoms. The molecule has 6 heteroatoms. The lowest BCUT2D eigenvalue weighted by Crippen LogP contribution is -2.48. The molecule has 0 aromatic heterocycles. The zero-order valence-electron chi connectivity index (χ0n) is 9.27. The van der Waals surface area contributed by atoms with Crippen LogP contribution in [0.3, 0.4) is 0 Å². The van der Waals surface area contributed by atoms with E-state index in [0.717, 1.165) is 19.3 Å². The molecule has 1 fully saturated rings. The van der Waals surface area contributed by atoms with E-state index < -0.39 is 11.9 Å². The maximum absolute atomic E-state index is 11.8. The van der Waals surface area contributed by atoms with Crippen molar-refractivity contribution in [3.05, 3.63) is 11.9 Å². The first kappa shape index (κ1) is 12.4. The van der Waals surface area contributed by atoms with Crippen LogP contribution >= 0.6 is 0 Å². The quantitative estimate of drug-likeness (QED) is 0.549. The second-order valence-corrected chi connectivity index (χ2v) is 3.80. The van der Waals surface area contributed by atoms with Crippen LogP contribution in [0, 0.1) is 0 Å². The molecule has 6 nitrogen and oxygen atoms in total. The van der Waals surface area contributed by atoms with Gasteiger partial charge in [0.1, 0.15) is 12.2 Å². The molecule has 1 aliphatic carbocycles. The van der Waals surface area contributed by atoms with Crippen LogP contribution in [0.4, 0.5) is 0 Å². The average Bonchev–Trinajstić information content (AvgIpc) is 2.12. The Hall–Kier alpha value is -1.72. The number of nitrogens with one attached hydrogen (secondary N) is 1. The third-order valence-corrected chi connectivity index (χ3v) is 2.63. The molecule has 0 spiro atoms. The van der Waals surface area contributed by atoms with E-state index in [1.807, 2.05) is 0 Å². The molecule has 1 saturated carbocycles. The lowest BCUT2D eigenvalue weighted by Gasteiger charge is -2.36. The molecule has 90 valence electrons. The third-order valence-electron chi connectivity index (χ3n) is 2.63. The van der Waals surface area contributed by atoms with Gasteiger partial charge in [0.15, 0.2) is 0 Å². The summed E-state index contributed by atoms with van der Waals surface area (Å²) in [5.41, 5.74) is 5.57. The summed E-state index contributed by atoms with van der Waals surface area (Å²) < 4.78 is 0. The highest BCUT2D eigenvalue weighted by Crippen LogP contribution is 2.25. The molecule has 0 atom stereocenters. The number of hydrogen-bond acceptors (Lipinski definition) is 4. The van der Waals surface area contributed by atoms with Crippen molar-refractivity contribution in [2.24, 2.45) is 5.73 Å². The van der Waals surface area contributed by atoms with Gasteiger partial charge in [0, 0.05) is 19.3 Å². The first-order chi connectivity index (χ1) is 7.56. The van der Waals surface area contributed by atoms with Crippen LogP contribution in [-0.4, -0.2) is 41.5 Å². The van der Waals surface area contributed by atoms with Crippen LogP contribution in [0.2, 0.25) is 0 Å². The Bertz CT molecular complexity index is 310. The van der Waals surface area contributed by atoms with E-state index >= 15 is 0 Å². The molecular formula is C10H17N3O3. The number of nitrogens with zero attached hydrogens (tertiary/aromatic N) is 1. The van der Waals surface area contributed by atoms with Crippen molar-refractivity contribution in [1.82, 2.24) is 10.2 Å². The molecule has 0 radical (unpaired) electrons. The predicted octanol–water partition coefficient (Wildman–Crippen LogP) is -0.528. The van der Waals surface area contributed by atoms with Gasteiger partial charge in [0.2, 0.25) is 0 Å². The Morgan fingerprint density at radius 3 is 2.56 bits per heavy atom. The van der Waals surface area contributed by atoms with Crippen molar-refractivity contribution in [1.29, 1.82) is 0 Å². The Morgan fingerprint density at radius 2 is 2.19 bits per heavy atom. The highest BCUT2D eigenvalue weighted by atomic mass is 16.4. The molecular weight excluding hydrogens is 210 g/mol. The number of carboxylic acid groups (broad SMARTS) is 1. The highest BCUT2D eigenvalue weighted by Gasteiger charge is 2.31. The summed E-state index contributed by atoms with van der Waals surface area (Å²) in [5.74, 6) is -1.43. The number of carbonyl (C=O) groups is 2. The van der Waals surface area contributed by atoms with Crippen LogP contribution < -0.4 is 11.1 Å². The van der Waals surface area contributed by atoms with Crippen molar-refractivity contribution in [3.63, 3.8) is 0 Å². The van der Waals surface area contributed by atoms with Gasteiger partial charge in [-0.15, -0.1) is 0 Å². The summed E-state index contributed by atoms with van der Waals surface area (Å²) in [6.45, 7) is -0.290. The van der Waals surface area contributed by atoms with Gasteiger partial charge in [-0.2, -0.15) is 0 Å². The Balaban J connectivity index is 2.71. The summed E-state index contributed by atoms with van der Waals surface area (Å²) in [7, 11) is 1.63. The van der Waals surface area contributed by atoms with Gasteiger partial charge in [-0.25, -0.2) is 0 Å². The van der Waals surface area contributed by atoms with Crippen molar-refractivity contribution < 1.29 is 14.7 Å². The minimum absolute atomic E-state index is 0.0207. The largest absolute Gasteiger partial charge is 0.480 e. The molecule has 0 aromatic rings. The zero-order valence-corrected chi connectivity index (χ0v) is 9.27. The molecule has 16 heavy (non-hydrogen) atoms. The minimum Gasteiger partial charge on any atom is -0.480 e. The molecule has 0 aromatic carbocycles. The van der Waals surface area contributed by atoms with Gasteiger partial charge in [-0.05, 0) is 19.3 Å². The smallest absolute Gasteiger partial charge is 0.323 e. The van der Waals surface area contributed by atoms with E-state index in [2.05, 4.69) is 5.32 Å². The lowest BCUT2D eigenvalue weighted by atomic mass is 9.91. The maximum atomic E-state index is 11.8. The Morgan fingerprint density at radius 1 is 1.56 bits per heavy atom. The van der Waals surface area contributed by atoms with Gasteiger partial charge >= 0.3 is 5.97 Å².